The summed E-state index contributed by atoms with van der Waals surface area (Å²) in [4.78, 5) is 19.6. The van der Waals surface area contributed by atoms with Gasteiger partial charge in [-0.1, -0.05) is 54.5 Å². The Morgan fingerprint density at radius 2 is 1.21 bits per heavy atom. The number of ether oxygens (including phenoxy) is 2. The van der Waals surface area contributed by atoms with E-state index in [0.717, 1.165) is 63.2 Å². The summed E-state index contributed by atoms with van der Waals surface area (Å²) in [5.74, 6) is 3.19. The molecule has 2 saturated carbocycles. The Hall–Kier alpha value is -2.99. The van der Waals surface area contributed by atoms with Crippen LogP contribution in [-0.2, 0) is 0 Å². The number of halogens is 1. The predicted octanol–water partition coefficient (Wildman–Crippen LogP) is 8.96. The molecule has 5 nitrogen and oxygen atoms in total. The molecule has 2 heterocycles. The van der Waals surface area contributed by atoms with Gasteiger partial charge in [0.1, 0.15) is 17.8 Å². The normalized spacial score (nSPS) is 16.4. The molecular weight excluding hydrogens is 552 g/mol. The predicted molar refractivity (Wildman–Crippen MR) is 161 cm³/mol. The van der Waals surface area contributed by atoms with E-state index in [1.54, 1.807) is 12.3 Å². The minimum atomic E-state index is 0.660. The van der Waals surface area contributed by atoms with Crippen LogP contribution in [0.4, 0.5) is 0 Å². The molecule has 39 heavy (non-hydrogen) atoms. The zero-order valence-electron chi connectivity index (χ0n) is 22.5. The molecule has 0 atom stereocenters. The molecule has 0 aliphatic heterocycles. The summed E-state index contributed by atoms with van der Waals surface area (Å²) in [6.45, 7) is 1.61. The Bertz CT molecular complexity index is 1380. The zero-order chi connectivity index (χ0) is 26.9. The number of hydrogen-bond donors (Lipinski definition) is 0. The van der Waals surface area contributed by atoms with Crippen LogP contribution in [0.25, 0.3) is 21.8 Å². The van der Waals surface area contributed by atoms with Crippen LogP contribution in [0, 0.1) is 11.8 Å². The van der Waals surface area contributed by atoms with Crippen LogP contribution in [0.1, 0.15) is 74.6 Å². The SMILES string of the molecule is Brc1ccc2nccc(OCC3CCCCC3)c2c1.O=Cc1ccc2nccc(OCC3CCCCC3)c2c1. The Morgan fingerprint density at radius 3 is 1.74 bits per heavy atom. The van der Waals surface area contributed by atoms with E-state index in [4.69, 9.17) is 9.47 Å². The van der Waals surface area contributed by atoms with Crippen molar-refractivity contribution in [3.63, 3.8) is 0 Å². The van der Waals surface area contributed by atoms with Crippen molar-refractivity contribution < 1.29 is 14.3 Å². The van der Waals surface area contributed by atoms with Gasteiger partial charge >= 0.3 is 0 Å². The lowest BCUT2D eigenvalue weighted by Gasteiger charge is -2.22. The van der Waals surface area contributed by atoms with Crippen LogP contribution in [0.3, 0.4) is 0 Å². The molecule has 0 radical (unpaired) electrons. The summed E-state index contributed by atoms with van der Waals surface area (Å²) in [6, 6.07) is 15.5. The van der Waals surface area contributed by atoms with Crippen molar-refractivity contribution in [1.82, 2.24) is 9.97 Å². The monoisotopic (exact) mass is 588 g/mol. The minimum Gasteiger partial charge on any atom is -0.493 e. The lowest BCUT2D eigenvalue weighted by atomic mass is 9.90. The quantitative estimate of drug-likeness (QED) is 0.201. The van der Waals surface area contributed by atoms with Gasteiger partial charge in [-0.05, 0) is 86.1 Å². The molecule has 2 aromatic carbocycles. The molecule has 2 fully saturated rings. The van der Waals surface area contributed by atoms with Gasteiger partial charge < -0.3 is 9.47 Å². The number of benzene rings is 2. The van der Waals surface area contributed by atoms with Crippen molar-refractivity contribution in [2.24, 2.45) is 11.8 Å². The van der Waals surface area contributed by atoms with E-state index in [1.807, 2.05) is 42.6 Å². The van der Waals surface area contributed by atoms with E-state index in [0.29, 0.717) is 11.5 Å². The highest BCUT2D eigenvalue weighted by molar-refractivity contribution is 9.10. The Kier molecular flexibility index (Phi) is 9.81. The number of nitrogens with zero attached hydrogens (tertiary/aromatic N) is 2. The topological polar surface area (TPSA) is 61.3 Å². The van der Waals surface area contributed by atoms with Crippen molar-refractivity contribution in [3.05, 3.63) is 71.0 Å². The van der Waals surface area contributed by atoms with Crippen LogP contribution >= 0.6 is 15.9 Å². The van der Waals surface area contributed by atoms with Crippen molar-refractivity contribution in [1.29, 1.82) is 0 Å². The molecular formula is C33H37BrN2O3. The van der Waals surface area contributed by atoms with Crippen molar-refractivity contribution in [2.75, 3.05) is 13.2 Å². The second-order valence-electron chi connectivity index (χ2n) is 10.8. The molecule has 0 unspecified atom stereocenters. The maximum atomic E-state index is 10.9. The van der Waals surface area contributed by atoms with Gasteiger partial charge in [0.05, 0.1) is 24.2 Å². The van der Waals surface area contributed by atoms with E-state index in [2.05, 4.69) is 32.0 Å². The second-order valence-corrected chi connectivity index (χ2v) is 11.7. The average molecular weight is 590 g/mol. The van der Waals surface area contributed by atoms with E-state index in [1.165, 1.54) is 64.2 Å². The lowest BCUT2D eigenvalue weighted by Crippen LogP contribution is -2.15. The van der Waals surface area contributed by atoms with Crippen LogP contribution in [0.15, 0.2) is 65.4 Å². The van der Waals surface area contributed by atoms with E-state index in [-0.39, 0.29) is 0 Å². The molecule has 2 aliphatic rings. The first-order valence-electron chi connectivity index (χ1n) is 14.3. The fourth-order valence-electron chi connectivity index (χ4n) is 5.68. The first-order valence-corrected chi connectivity index (χ1v) is 15.1. The molecule has 0 bridgehead atoms. The average Bonchev–Trinajstić information content (AvgIpc) is 3.00. The molecule has 0 N–H and O–H groups in total. The summed E-state index contributed by atoms with van der Waals surface area (Å²) < 4.78 is 13.1. The number of aldehydes is 1. The summed E-state index contributed by atoms with van der Waals surface area (Å²) in [6.07, 6.45) is 17.7. The van der Waals surface area contributed by atoms with Crippen molar-refractivity contribution in [2.45, 2.75) is 64.2 Å². The van der Waals surface area contributed by atoms with Crippen LogP contribution in [0.5, 0.6) is 11.5 Å². The van der Waals surface area contributed by atoms with Gasteiger partial charge in [0.2, 0.25) is 0 Å². The van der Waals surface area contributed by atoms with E-state index < -0.39 is 0 Å². The first kappa shape index (κ1) is 27.6. The molecule has 6 heteroatoms. The summed E-state index contributed by atoms with van der Waals surface area (Å²) in [7, 11) is 0. The third-order valence-electron chi connectivity index (χ3n) is 7.92. The third kappa shape index (κ3) is 7.57. The second kappa shape index (κ2) is 13.9. The maximum Gasteiger partial charge on any atom is 0.150 e. The minimum absolute atomic E-state index is 0.660. The highest BCUT2D eigenvalue weighted by atomic mass is 79.9. The van der Waals surface area contributed by atoms with Crippen molar-refractivity contribution >= 4 is 44.0 Å². The van der Waals surface area contributed by atoms with Crippen LogP contribution in [0.2, 0.25) is 0 Å². The number of pyridine rings is 2. The molecule has 0 spiro atoms. The number of hydrogen-bond acceptors (Lipinski definition) is 5. The molecule has 0 amide bonds. The van der Waals surface area contributed by atoms with Gasteiger partial charge in [-0.2, -0.15) is 0 Å². The Balaban J connectivity index is 0.000000158. The number of rotatable bonds is 7. The standard InChI is InChI=1S/C17H19NO2.C16H18BrNO/c19-11-14-6-7-16-15(10-14)17(8-9-18-16)20-12-13-4-2-1-3-5-13;17-13-6-7-15-14(10-13)16(8-9-18-15)19-11-12-4-2-1-3-5-12/h6-11,13H,1-5,12H2;6-10,12H,1-5,11H2. The van der Waals surface area contributed by atoms with Gasteiger partial charge in [-0.15, -0.1) is 0 Å². The Morgan fingerprint density at radius 1 is 0.692 bits per heavy atom. The fourth-order valence-corrected chi connectivity index (χ4v) is 6.04. The summed E-state index contributed by atoms with van der Waals surface area (Å²) in [5, 5.41) is 2.01. The molecule has 0 saturated heterocycles. The molecule has 6 rings (SSSR count). The molecule has 2 aromatic heterocycles. The number of carbonyl (C=O) groups excluding carboxylic acids is 1. The van der Waals surface area contributed by atoms with Gasteiger partial charge in [-0.25, -0.2) is 0 Å². The van der Waals surface area contributed by atoms with Crippen molar-refractivity contribution in [3.8, 4) is 11.5 Å². The largest absolute Gasteiger partial charge is 0.493 e. The summed E-state index contributed by atoms with van der Waals surface area (Å²) in [5.41, 5.74) is 2.52. The van der Waals surface area contributed by atoms with E-state index >= 15 is 0 Å². The van der Waals surface area contributed by atoms with Crippen LogP contribution < -0.4 is 9.47 Å². The smallest absolute Gasteiger partial charge is 0.150 e. The fraction of sp³-hybridized carbons (Fsp3) is 0.424. The zero-order valence-corrected chi connectivity index (χ0v) is 24.1. The van der Waals surface area contributed by atoms with Gasteiger partial charge in [0.25, 0.3) is 0 Å². The first-order chi connectivity index (χ1) is 19.2. The number of carbonyl (C=O) groups is 1. The van der Waals surface area contributed by atoms with Gasteiger partial charge in [0.15, 0.2) is 0 Å². The summed E-state index contributed by atoms with van der Waals surface area (Å²) >= 11 is 3.51. The number of fused-ring (bicyclic) bond motifs is 2. The third-order valence-corrected chi connectivity index (χ3v) is 8.42. The van der Waals surface area contributed by atoms with Crippen LogP contribution in [-0.4, -0.2) is 29.5 Å². The molecule has 4 aromatic rings. The number of aromatic nitrogens is 2. The van der Waals surface area contributed by atoms with Gasteiger partial charge in [0, 0.05) is 33.2 Å². The maximum absolute atomic E-state index is 10.9. The highest BCUT2D eigenvalue weighted by Gasteiger charge is 2.16. The lowest BCUT2D eigenvalue weighted by molar-refractivity contribution is 0.112. The Labute approximate surface area is 239 Å². The van der Waals surface area contributed by atoms with E-state index in [9.17, 15) is 4.79 Å². The molecule has 2 aliphatic carbocycles. The molecule has 204 valence electrons. The van der Waals surface area contributed by atoms with Gasteiger partial charge in [-0.3, -0.25) is 14.8 Å². The highest BCUT2D eigenvalue weighted by Crippen LogP contribution is 2.30.